The second-order valence-corrected chi connectivity index (χ2v) is 7.33. The number of Topliss-reactive ketones (excluding diaryl/α,β-unsaturated/α-hetero) is 1. The molecule has 0 unspecified atom stereocenters. The van der Waals surface area contributed by atoms with Crippen molar-refractivity contribution in [2.24, 2.45) is 0 Å². The van der Waals surface area contributed by atoms with Gasteiger partial charge in [-0.25, -0.2) is 9.48 Å². The molecule has 2 saturated heterocycles. The number of amides is 3. The van der Waals surface area contributed by atoms with Crippen LogP contribution in [0.25, 0.3) is 0 Å². The first-order valence-corrected chi connectivity index (χ1v) is 9.43. The van der Waals surface area contributed by atoms with E-state index in [0.717, 1.165) is 4.90 Å². The fourth-order valence-electron chi connectivity index (χ4n) is 3.12. The standard InChI is InChI=1S/C13H18N6O7S/c1-8-5-17(16-15-8)7-10(20)4-14-12(21)11-3-2-9-6-18(11)13(22)19(9)26-27(23,24)25/h5,9,11H,2-4,6-7H2,1H3,(H,14,21)(H,23,24,25)/t9-,11+/m1/s1. The molecule has 14 heteroatoms. The van der Waals surface area contributed by atoms with Crippen LogP contribution < -0.4 is 5.32 Å². The lowest BCUT2D eigenvalue weighted by molar-refractivity contribution is -0.129. The van der Waals surface area contributed by atoms with Gasteiger partial charge in [-0.3, -0.25) is 14.1 Å². The highest BCUT2D eigenvalue weighted by Crippen LogP contribution is 2.30. The van der Waals surface area contributed by atoms with Crippen molar-refractivity contribution in [3.8, 4) is 0 Å². The van der Waals surface area contributed by atoms with Crippen molar-refractivity contribution < 1.29 is 31.6 Å². The van der Waals surface area contributed by atoms with E-state index in [1.165, 1.54) is 4.68 Å². The summed E-state index contributed by atoms with van der Waals surface area (Å²) in [4.78, 5) is 37.7. The van der Waals surface area contributed by atoms with E-state index >= 15 is 0 Å². The molecular weight excluding hydrogens is 384 g/mol. The van der Waals surface area contributed by atoms with Gasteiger partial charge in [0.1, 0.15) is 12.6 Å². The second-order valence-electron chi connectivity index (χ2n) is 6.32. The molecule has 0 aromatic carbocycles. The van der Waals surface area contributed by atoms with E-state index in [0.29, 0.717) is 17.2 Å². The first-order chi connectivity index (χ1) is 12.6. The summed E-state index contributed by atoms with van der Waals surface area (Å²) >= 11 is 0. The van der Waals surface area contributed by atoms with Crippen LogP contribution in [0.15, 0.2) is 6.20 Å². The lowest BCUT2D eigenvalue weighted by Gasteiger charge is -2.29. The average molecular weight is 402 g/mol. The quantitative estimate of drug-likeness (QED) is 0.504. The molecule has 1 aromatic heterocycles. The molecule has 2 atom stereocenters. The van der Waals surface area contributed by atoms with E-state index < -0.39 is 34.4 Å². The zero-order chi connectivity index (χ0) is 19.8. The zero-order valence-electron chi connectivity index (χ0n) is 14.3. The maximum Gasteiger partial charge on any atom is 0.418 e. The molecule has 0 radical (unpaired) electrons. The number of hydrogen-bond acceptors (Lipinski definition) is 8. The lowest BCUT2D eigenvalue weighted by Crippen LogP contribution is -2.50. The van der Waals surface area contributed by atoms with Crippen LogP contribution in [0, 0.1) is 6.92 Å². The van der Waals surface area contributed by atoms with E-state index in [2.05, 4.69) is 19.9 Å². The molecule has 0 aliphatic carbocycles. The van der Waals surface area contributed by atoms with E-state index in [4.69, 9.17) is 4.55 Å². The SMILES string of the molecule is Cc1cn(CC(=O)CNC(=O)[C@@H]2CC[C@@H]3CN2C(=O)N3OS(=O)(=O)O)nn1. The predicted octanol–water partition coefficient (Wildman–Crippen LogP) is -1.73. The van der Waals surface area contributed by atoms with Crippen LogP contribution in [-0.2, 0) is 30.8 Å². The fraction of sp³-hybridized carbons (Fsp3) is 0.615. The molecule has 27 heavy (non-hydrogen) atoms. The highest BCUT2D eigenvalue weighted by atomic mass is 32.3. The summed E-state index contributed by atoms with van der Waals surface area (Å²) in [5.41, 5.74) is 0.660. The second kappa shape index (κ2) is 7.21. The van der Waals surface area contributed by atoms with Crippen LogP contribution in [0.2, 0.25) is 0 Å². The number of hydroxylamine groups is 2. The van der Waals surface area contributed by atoms with E-state index in [1.54, 1.807) is 13.1 Å². The number of urea groups is 1. The number of aromatic nitrogens is 3. The molecule has 1 aromatic rings. The maximum absolute atomic E-state index is 12.4. The van der Waals surface area contributed by atoms with Crippen molar-refractivity contribution >= 4 is 28.1 Å². The third-order valence-electron chi connectivity index (χ3n) is 4.25. The molecule has 2 aliphatic heterocycles. The van der Waals surface area contributed by atoms with Crippen LogP contribution in [0.4, 0.5) is 4.79 Å². The van der Waals surface area contributed by atoms with Gasteiger partial charge in [-0.1, -0.05) is 5.21 Å². The Kier molecular flexibility index (Phi) is 5.12. The Bertz CT molecular complexity index is 868. The van der Waals surface area contributed by atoms with Gasteiger partial charge in [0.15, 0.2) is 5.78 Å². The van der Waals surface area contributed by atoms with Crippen LogP contribution in [0.1, 0.15) is 18.5 Å². The molecule has 0 saturated carbocycles. The Balaban J connectivity index is 1.55. The van der Waals surface area contributed by atoms with Gasteiger partial charge in [-0.2, -0.15) is 13.5 Å². The summed E-state index contributed by atoms with van der Waals surface area (Å²) in [6, 6.07) is -2.27. The van der Waals surface area contributed by atoms with Gasteiger partial charge in [0.05, 0.1) is 18.3 Å². The number of aryl methyl sites for hydroxylation is 1. The molecule has 2 N–H and O–H groups in total. The zero-order valence-corrected chi connectivity index (χ0v) is 15.1. The van der Waals surface area contributed by atoms with Gasteiger partial charge in [0.25, 0.3) is 0 Å². The molecule has 3 amide bonds. The molecule has 13 nitrogen and oxygen atoms in total. The summed E-state index contributed by atoms with van der Waals surface area (Å²) in [5.74, 6) is -0.829. The molecule has 2 fully saturated rings. The largest absolute Gasteiger partial charge is 0.418 e. The first kappa shape index (κ1) is 19.2. The van der Waals surface area contributed by atoms with Crippen LogP contribution in [0.3, 0.4) is 0 Å². The average Bonchev–Trinajstić information content (AvgIpc) is 3.09. The van der Waals surface area contributed by atoms with Crippen molar-refractivity contribution in [2.45, 2.75) is 38.4 Å². The molecule has 3 rings (SSSR count). The highest BCUT2D eigenvalue weighted by Gasteiger charge is 2.49. The Hall–Kier alpha value is -2.58. The minimum absolute atomic E-state index is 0.0491. The van der Waals surface area contributed by atoms with Crippen molar-refractivity contribution in [3.63, 3.8) is 0 Å². The van der Waals surface area contributed by atoms with Crippen molar-refractivity contribution in [1.29, 1.82) is 0 Å². The Morgan fingerprint density at radius 3 is 2.78 bits per heavy atom. The molecule has 0 spiro atoms. The minimum Gasteiger partial charge on any atom is -0.347 e. The van der Waals surface area contributed by atoms with E-state index in [9.17, 15) is 22.8 Å². The van der Waals surface area contributed by atoms with Gasteiger partial charge in [-0.05, 0) is 19.8 Å². The van der Waals surface area contributed by atoms with Gasteiger partial charge in [0.2, 0.25) is 5.91 Å². The third kappa shape index (κ3) is 4.40. The number of ketones is 1. The summed E-state index contributed by atoms with van der Waals surface area (Å²) in [6.07, 6.45) is 2.17. The number of nitrogens with zero attached hydrogens (tertiary/aromatic N) is 5. The van der Waals surface area contributed by atoms with Crippen LogP contribution >= 0.6 is 0 Å². The fourth-order valence-corrected chi connectivity index (χ4v) is 3.51. The highest BCUT2D eigenvalue weighted by molar-refractivity contribution is 7.80. The summed E-state index contributed by atoms with van der Waals surface area (Å²) in [6.45, 7) is 1.52. The molecule has 2 bridgehead atoms. The first-order valence-electron chi connectivity index (χ1n) is 8.07. The van der Waals surface area contributed by atoms with Crippen molar-refractivity contribution in [2.75, 3.05) is 13.1 Å². The lowest BCUT2D eigenvalue weighted by atomic mass is 10.0. The van der Waals surface area contributed by atoms with Crippen molar-refractivity contribution in [1.82, 2.24) is 30.3 Å². The minimum atomic E-state index is -4.85. The molecule has 3 heterocycles. The molecule has 148 valence electrons. The van der Waals surface area contributed by atoms with Gasteiger partial charge in [0, 0.05) is 12.7 Å². The van der Waals surface area contributed by atoms with Gasteiger partial charge >= 0.3 is 16.4 Å². The Morgan fingerprint density at radius 1 is 1.41 bits per heavy atom. The number of rotatable bonds is 7. The van der Waals surface area contributed by atoms with Gasteiger partial charge < -0.3 is 10.2 Å². The topological polar surface area (TPSA) is 164 Å². The number of carbonyl (C=O) groups excluding carboxylic acids is 3. The predicted molar refractivity (Wildman–Crippen MR) is 86.2 cm³/mol. The third-order valence-corrected chi connectivity index (χ3v) is 4.60. The number of carbonyl (C=O) groups is 3. The maximum atomic E-state index is 12.4. The number of hydrogen-bond donors (Lipinski definition) is 2. The summed E-state index contributed by atoms with van der Waals surface area (Å²) < 4.78 is 36.1. The number of fused-ring (bicyclic) bond motifs is 2. The number of piperidine rings is 1. The summed E-state index contributed by atoms with van der Waals surface area (Å²) in [5, 5.41) is 10.5. The molecular formula is C13H18N6O7S. The van der Waals surface area contributed by atoms with E-state index in [1.807, 2.05) is 0 Å². The van der Waals surface area contributed by atoms with Crippen LogP contribution in [0.5, 0.6) is 0 Å². The normalized spacial score (nSPS) is 22.2. The number of nitrogens with one attached hydrogen (secondary N) is 1. The van der Waals surface area contributed by atoms with Gasteiger partial charge in [-0.15, -0.1) is 9.38 Å². The van der Waals surface area contributed by atoms with E-state index in [-0.39, 0.29) is 31.8 Å². The monoisotopic (exact) mass is 402 g/mol. The van der Waals surface area contributed by atoms with Crippen LogP contribution in [-0.4, -0.2) is 80.8 Å². The van der Waals surface area contributed by atoms with Crippen molar-refractivity contribution in [3.05, 3.63) is 11.9 Å². The Labute approximate surface area is 154 Å². The molecule has 2 aliphatic rings. The Morgan fingerprint density at radius 2 is 2.15 bits per heavy atom. The smallest absolute Gasteiger partial charge is 0.347 e. The summed E-state index contributed by atoms with van der Waals surface area (Å²) in [7, 11) is -4.85.